The Balaban J connectivity index is 1.79. The smallest absolute Gasteiger partial charge is 0.231 e. The zero-order valence-corrected chi connectivity index (χ0v) is 16.4. The second kappa shape index (κ2) is 8.32. The average molecular weight is 393 g/mol. The van der Waals surface area contributed by atoms with Crippen LogP contribution in [-0.4, -0.2) is 51.3 Å². The van der Waals surface area contributed by atoms with Gasteiger partial charge in [-0.2, -0.15) is 0 Å². The summed E-state index contributed by atoms with van der Waals surface area (Å²) in [6, 6.07) is 7.44. The second-order valence-corrected chi connectivity index (χ2v) is 7.09. The van der Waals surface area contributed by atoms with Crippen molar-refractivity contribution < 1.29 is 14.7 Å². The molecule has 0 fully saturated rings. The molecule has 3 rings (SSSR count). The first-order valence-corrected chi connectivity index (χ1v) is 9.16. The molecule has 0 aliphatic carbocycles. The highest BCUT2D eigenvalue weighted by Gasteiger charge is 2.36. The summed E-state index contributed by atoms with van der Waals surface area (Å²) in [4.78, 5) is 38.9. The molecule has 29 heavy (non-hydrogen) atoms. The molecule has 0 saturated carbocycles. The Bertz CT molecular complexity index is 984. The van der Waals surface area contributed by atoms with Crippen molar-refractivity contribution in [1.29, 1.82) is 0 Å². The van der Waals surface area contributed by atoms with E-state index in [2.05, 4.69) is 15.0 Å². The summed E-state index contributed by atoms with van der Waals surface area (Å²) in [5.41, 5.74) is 7.56. The molecule has 1 aliphatic heterocycles. The van der Waals surface area contributed by atoms with Gasteiger partial charge in [0.1, 0.15) is 5.69 Å². The topological polar surface area (TPSA) is 122 Å². The molecule has 1 aliphatic rings. The summed E-state index contributed by atoms with van der Waals surface area (Å²) < 4.78 is 0. The van der Waals surface area contributed by atoms with E-state index < -0.39 is 5.54 Å². The van der Waals surface area contributed by atoms with Gasteiger partial charge in [-0.15, -0.1) is 0 Å². The minimum atomic E-state index is -0.771. The lowest BCUT2D eigenvalue weighted by Crippen LogP contribution is -2.47. The van der Waals surface area contributed by atoms with Gasteiger partial charge >= 0.3 is 0 Å². The van der Waals surface area contributed by atoms with Crippen molar-refractivity contribution in [3.05, 3.63) is 65.2 Å². The maximum Gasteiger partial charge on any atom is 0.231 e. The van der Waals surface area contributed by atoms with Crippen LogP contribution in [0.15, 0.2) is 47.7 Å². The number of carbonyl (C=O) groups excluding carboxylic acids is 2. The van der Waals surface area contributed by atoms with E-state index in [-0.39, 0.29) is 42.8 Å². The largest absolute Gasteiger partial charge is 0.392 e. The number of Topliss-reactive ketones (excluding diaryl/α,β-unsaturated/α-hetero) is 1. The minimum Gasteiger partial charge on any atom is -0.392 e. The molecule has 1 atom stereocenters. The Labute approximate surface area is 168 Å². The van der Waals surface area contributed by atoms with Gasteiger partial charge in [-0.3, -0.25) is 19.5 Å². The van der Waals surface area contributed by atoms with Crippen LogP contribution in [0, 0.1) is 0 Å². The van der Waals surface area contributed by atoms with Gasteiger partial charge in [-0.25, -0.2) is 9.98 Å². The third kappa shape index (κ3) is 4.55. The maximum atomic E-state index is 12.6. The molecule has 1 unspecified atom stereocenters. The van der Waals surface area contributed by atoms with Crippen LogP contribution in [0.3, 0.4) is 0 Å². The van der Waals surface area contributed by atoms with Crippen LogP contribution in [0.1, 0.15) is 40.7 Å². The maximum absolute atomic E-state index is 12.6. The van der Waals surface area contributed by atoms with Crippen LogP contribution in [-0.2, 0) is 16.8 Å². The van der Waals surface area contributed by atoms with E-state index in [1.54, 1.807) is 19.2 Å². The summed E-state index contributed by atoms with van der Waals surface area (Å²) in [7, 11) is 1.60. The fourth-order valence-electron chi connectivity index (χ4n) is 3.11. The SMILES string of the molecule is CN1C(=O)CC(C)(c2cccc(CC(=O)c3cnc(/C=C/CO)cn3)c2)N=C1N. The van der Waals surface area contributed by atoms with Crippen LogP contribution in [0.25, 0.3) is 6.08 Å². The highest BCUT2D eigenvalue weighted by molar-refractivity contribution is 5.99. The van der Waals surface area contributed by atoms with Crippen molar-refractivity contribution >= 4 is 23.7 Å². The first-order chi connectivity index (χ1) is 13.8. The number of aliphatic imine (C=N–C) groups is 1. The molecule has 8 heteroatoms. The predicted octanol–water partition coefficient (Wildman–Crippen LogP) is 1.30. The Morgan fingerprint density at radius 2 is 2.14 bits per heavy atom. The lowest BCUT2D eigenvalue weighted by Gasteiger charge is -2.33. The average Bonchev–Trinajstić information content (AvgIpc) is 2.71. The summed E-state index contributed by atoms with van der Waals surface area (Å²) in [5.74, 6) is -0.0945. The van der Waals surface area contributed by atoms with Crippen molar-refractivity contribution in [2.45, 2.75) is 25.3 Å². The van der Waals surface area contributed by atoms with Crippen molar-refractivity contribution in [2.24, 2.45) is 10.7 Å². The molecule has 2 heterocycles. The number of aliphatic hydroxyl groups excluding tert-OH is 1. The zero-order chi connectivity index (χ0) is 21.0. The lowest BCUT2D eigenvalue weighted by molar-refractivity contribution is -0.128. The van der Waals surface area contributed by atoms with E-state index in [4.69, 9.17) is 10.8 Å². The molecule has 1 amide bonds. The van der Waals surface area contributed by atoms with E-state index in [0.29, 0.717) is 5.69 Å². The molecule has 1 aromatic heterocycles. The van der Waals surface area contributed by atoms with Crippen molar-refractivity contribution in [1.82, 2.24) is 14.9 Å². The van der Waals surface area contributed by atoms with E-state index in [1.807, 2.05) is 31.2 Å². The number of hydrogen-bond acceptors (Lipinski definition) is 7. The fraction of sp³-hybridized carbons (Fsp3) is 0.286. The Morgan fingerprint density at radius 3 is 2.79 bits per heavy atom. The summed E-state index contributed by atoms with van der Waals surface area (Å²) in [6.07, 6.45) is 6.43. The van der Waals surface area contributed by atoms with Crippen LogP contribution < -0.4 is 5.73 Å². The number of aromatic nitrogens is 2. The van der Waals surface area contributed by atoms with E-state index in [1.165, 1.54) is 17.3 Å². The number of amides is 1. The fourth-order valence-corrected chi connectivity index (χ4v) is 3.11. The molecular weight excluding hydrogens is 370 g/mol. The van der Waals surface area contributed by atoms with Gasteiger partial charge in [0.15, 0.2) is 11.7 Å². The van der Waals surface area contributed by atoms with Crippen molar-refractivity contribution in [2.75, 3.05) is 13.7 Å². The molecule has 2 aromatic rings. The standard InChI is InChI=1S/C21H23N5O3/c1-21(11-19(29)26(2)20(22)25-21)15-6-3-5-14(9-15)10-18(28)17-13-23-16(12-24-17)7-4-8-27/h3-7,9,12-13,27H,8,10-11H2,1-2H3,(H2,22,25)/b7-4+. The third-order valence-electron chi connectivity index (χ3n) is 4.84. The molecule has 0 bridgehead atoms. The molecule has 0 radical (unpaired) electrons. The van der Waals surface area contributed by atoms with E-state index in [0.717, 1.165) is 11.1 Å². The monoisotopic (exact) mass is 393 g/mol. The van der Waals surface area contributed by atoms with Gasteiger partial charge in [0, 0.05) is 13.5 Å². The second-order valence-electron chi connectivity index (χ2n) is 7.09. The number of nitrogens with two attached hydrogens (primary N) is 1. The van der Waals surface area contributed by atoms with Crippen molar-refractivity contribution in [3.8, 4) is 0 Å². The number of ketones is 1. The molecule has 0 saturated heterocycles. The van der Waals surface area contributed by atoms with Gasteiger partial charge < -0.3 is 10.8 Å². The van der Waals surface area contributed by atoms with Gasteiger partial charge in [0.25, 0.3) is 0 Å². The summed E-state index contributed by atoms with van der Waals surface area (Å²) in [5, 5.41) is 8.79. The Hall–Kier alpha value is -3.39. The Morgan fingerprint density at radius 1 is 1.34 bits per heavy atom. The highest BCUT2D eigenvalue weighted by atomic mass is 16.2. The van der Waals surface area contributed by atoms with Crippen LogP contribution in [0.4, 0.5) is 0 Å². The predicted molar refractivity (Wildman–Crippen MR) is 109 cm³/mol. The van der Waals surface area contributed by atoms with Gasteiger partial charge in [-0.1, -0.05) is 30.3 Å². The molecule has 0 spiro atoms. The molecule has 1 aromatic carbocycles. The van der Waals surface area contributed by atoms with Gasteiger partial charge in [0.2, 0.25) is 5.91 Å². The number of benzene rings is 1. The quantitative estimate of drug-likeness (QED) is 0.714. The molecule has 3 N–H and O–H groups in total. The third-order valence-corrected chi connectivity index (χ3v) is 4.84. The van der Waals surface area contributed by atoms with Gasteiger partial charge in [-0.05, 0) is 24.1 Å². The van der Waals surface area contributed by atoms with E-state index in [9.17, 15) is 9.59 Å². The molecule has 8 nitrogen and oxygen atoms in total. The summed E-state index contributed by atoms with van der Waals surface area (Å²) >= 11 is 0. The highest BCUT2D eigenvalue weighted by Crippen LogP contribution is 2.33. The lowest BCUT2D eigenvalue weighted by atomic mass is 9.86. The Kier molecular flexibility index (Phi) is 5.84. The number of rotatable bonds is 6. The van der Waals surface area contributed by atoms with Crippen LogP contribution in [0.2, 0.25) is 0 Å². The number of aliphatic hydroxyl groups is 1. The number of hydrogen-bond donors (Lipinski definition) is 2. The van der Waals surface area contributed by atoms with E-state index >= 15 is 0 Å². The number of carbonyl (C=O) groups is 2. The normalized spacial score (nSPS) is 19.5. The van der Waals surface area contributed by atoms with Crippen molar-refractivity contribution in [3.63, 3.8) is 0 Å². The molecular formula is C21H23N5O3. The first-order valence-electron chi connectivity index (χ1n) is 9.16. The molecule has 150 valence electrons. The summed E-state index contributed by atoms with van der Waals surface area (Å²) in [6.45, 7) is 1.77. The number of nitrogens with zero attached hydrogens (tertiary/aromatic N) is 4. The minimum absolute atomic E-state index is 0.0881. The van der Waals surface area contributed by atoms with Gasteiger partial charge in [0.05, 0.1) is 36.7 Å². The first kappa shape index (κ1) is 20.3. The van der Waals surface area contributed by atoms with Crippen LogP contribution >= 0.6 is 0 Å². The zero-order valence-electron chi connectivity index (χ0n) is 16.4. The van der Waals surface area contributed by atoms with Crippen LogP contribution in [0.5, 0.6) is 0 Å². The number of guanidine groups is 1.